The molecule has 0 aromatic heterocycles. The monoisotopic (exact) mass is 588 g/mol. The number of nitrogens with one attached hydrogen (secondary N) is 1. The molecule has 0 spiro atoms. The summed E-state index contributed by atoms with van der Waals surface area (Å²) in [6, 6.07) is 22.6. The Morgan fingerprint density at radius 1 is 0.967 bits per heavy atom. The molecule has 0 unspecified atom stereocenters. The molecule has 3 aromatic carbocycles. The topological polar surface area (TPSA) is 62.1 Å². The van der Waals surface area contributed by atoms with Crippen LogP contribution in [0.4, 0.5) is 5.69 Å². The van der Waals surface area contributed by atoms with E-state index in [4.69, 9.17) is 4.74 Å². The van der Waals surface area contributed by atoms with Gasteiger partial charge in [0.2, 0.25) is 0 Å². The first-order valence-electron chi connectivity index (χ1n) is 8.81. The highest BCUT2D eigenvalue weighted by atomic mass is 79.9. The number of halogens is 3. The van der Waals surface area contributed by atoms with E-state index in [0.29, 0.717) is 32.6 Å². The minimum atomic E-state index is -0.485. The van der Waals surface area contributed by atoms with E-state index in [-0.39, 0.29) is 5.57 Å². The van der Waals surface area contributed by atoms with Crippen molar-refractivity contribution in [2.75, 3.05) is 5.32 Å². The number of hydrogen-bond acceptors (Lipinski definition) is 3. The fraction of sp³-hybridized carbons (Fsp3) is 0.0435. The fourth-order valence-electron chi connectivity index (χ4n) is 2.60. The molecule has 0 aliphatic carbocycles. The van der Waals surface area contributed by atoms with Gasteiger partial charge in [0.15, 0.2) is 0 Å². The number of nitrogens with zero attached hydrogens (tertiary/aromatic N) is 1. The lowest BCUT2D eigenvalue weighted by Gasteiger charge is -2.12. The van der Waals surface area contributed by atoms with Crippen molar-refractivity contribution in [3.63, 3.8) is 0 Å². The number of hydrogen-bond donors (Lipinski definition) is 1. The smallest absolute Gasteiger partial charge is 0.266 e. The van der Waals surface area contributed by atoms with Gasteiger partial charge in [0.25, 0.3) is 5.91 Å². The number of ether oxygens (including phenoxy) is 1. The van der Waals surface area contributed by atoms with E-state index in [2.05, 4.69) is 53.1 Å². The molecule has 0 fully saturated rings. The lowest BCUT2D eigenvalue weighted by Crippen LogP contribution is -2.13. The normalized spacial score (nSPS) is 10.9. The largest absolute Gasteiger partial charge is 0.487 e. The van der Waals surface area contributed by atoms with E-state index in [1.165, 1.54) is 6.08 Å². The quantitative estimate of drug-likeness (QED) is 0.246. The first-order chi connectivity index (χ1) is 14.5. The van der Waals surface area contributed by atoms with Crippen LogP contribution in [0.2, 0.25) is 0 Å². The Hall–Kier alpha value is -2.40. The molecule has 0 radical (unpaired) electrons. The Labute approximate surface area is 200 Å². The van der Waals surface area contributed by atoms with Crippen LogP contribution in [0.5, 0.6) is 5.75 Å². The number of carbonyl (C=O) groups excluding carboxylic acids is 1. The summed E-state index contributed by atoms with van der Waals surface area (Å²) < 4.78 is 8.07. The first kappa shape index (κ1) is 22.3. The van der Waals surface area contributed by atoms with Crippen molar-refractivity contribution < 1.29 is 9.53 Å². The van der Waals surface area contributed by atoms with Crippen molar-refractivity contribution in [3.8, 4) is 11.8 Å². The number of anilines is 1. The molecule has 0 heterocycles. The summed E-state index contributed by atoms with van der Waals surface area (Å²) in [6.45, 7) is 0.422. The second-order valence-electron chi connectivity index (χ2n) is 6.19. The summed E-state index contributed by atoms with van der Waals surface area (Å²) in [5.74, 6) is 0.160. The number of carbonyl (C=O) groups is 1. The van der Waals surface area contributed by atoms with Gasteiger partial charge >= 0.3 is 0 Å². The highest BCUT2D eigenvalue weighted by Gasteiger charge is 2.13. The van der Waals surface area contributed by atoms with E-state index in [0.717, 1.165) is 10.0 Å². The van der Waals surface area contributed by atoms with Crippen LogP contribution in [0, 0.1) is 11.3 Å². The van der Waals surface area contributed by atoms with E-state index in [9.17, 15) is 10.1 Å². The summed E-state index contributed by atoms with van der Waals surface area (Å²) in [5.41, 5.74) is 2.31. The minimum absolute atomic E-state index is 0.0116. The van der Waals surface area contributed by atoms with Crippen LogP contribution in [0.15, 0.2) is 85.7 Å². The SMILES string of the molecule is N#C/C(=C\c1cc(Br)c(OCc2ccccc2)c(Br)c1)C(=O)Nc1ccccc1Br. The van der Waals surface area contributed by atoms with Gasteiger partial charge in [0.1, 0.15) is 24.0 Å². The van der Waals surface area contributed by atoms with Crippen LogP contribution in [-0.4, -0.2) is 5.91 Å². The standard InChI is InChI=1S/C23H15Br3N2O2/c24-18-8-4-5-9-21(18)28-23(29)17(13-27)10-16-11-19(25)22(20(26)12-16)30-14-15-6-2-1-3-7-15/h1-12H,14H2,(H,28,29)/b17-10+. The van der Waals surface area contributed by atoms with Gasteiger partial charge in [-0.05, 0) is 89.3 Å². The summed E-state index contributed by atoms with van der Waals surface area (Å²) in [6.07, 6.45) is 1.53. The summed E-state index contributed by atoms with van der Waals surface area (Å²) in [7, 11) is 0. The molecule has 7 heteroatoms. The summed E-state index contributed by atoms with van der Waals surface area (Å²) >= 11 is 10.4. The van der Waals surface area contributed by atoms with E-state index in [1.54, 1.807) is 24.3 Å². The molecule has 0 aliphatic heterocycles. The molecule has 30 heavy (non-hydrogen) atoms. The minimum Gasteiger partial charge on any atom is -0.487 e. The van der Waals surface area contributed by atoms with E-state index < -0.39 is 5.91 Å². The second kappa shape index (κ2) is 10.6. The molecule has 0 bridgehead atoms. The predicted octanol–water partition coefficient (Wildman–Crippen LogP) is 7.10. The average Bonchev–Trinajstić information content (AvgIpc) is 2.73. The van der Waals surface area contributed by atoms with Crippen LogP contribution in [0.3, 0.4) is 0 Å². The van der Waals surface area contributed by atoms with Crippen molar-refractivity contribution in [1.29, 1.82) is 5.26 Å². The lowest BCUT2D eigenvalue weighted by atomic mass is 10.1. The molecule has 0 aliphatic rings. The number of benzene rings is 3. The van der Waals surface area contributed by atoms with Crippen LogP contribution in [0.1, 0.15) is 11.1 Å². The molecule has 3 aromatic rings. The van der Waals surface area contributed by atoms with Gasteiger partial charge in [-0.1, -0.05) is 42.5 Å². The maximum atomic E-state index is 12.5. The molecule has 0 atom stereocenters. The van der Waals surface area contributed by atoms with Crippen molar-refractivity contribution >= 4 is 65.5 Å². The Kier molecular flexibility index (Phi) is 7.86. The van der Waals surface area contributed by atoms with Crippen LogP contribution in [0.25, 0.3) is 6.08 Å². The summed E-state index contributed by atoms with van der Waals surface area (Å²) in [5, 5.41) is 12.2. The van der Waals surface area contributed by atoms with Crippen molar-refractivity contribution in [2.45, 2.75) is 6.61 Å². The molecule has 4 nitrogen and oxygen atoms in total. The van der Waals surface area contributed by atoms with Gasteiger partial charge in [-0.2, -0.15) is 5.26 Å². The molecule has 0 saturated carbocycles. The van der Waals surface area contributed by atoms with Crippen LogP contribution >= 0.6 is 47.8 Å². The predicted molar refractivity (Wildman–Crippen MR) is 129 cm³/mol. The number of nitriles is 1. The third-order valence-electron chi connectivity index (χ3n) is 4.04. The number of amides is 1. The second-order valence-corrected chi connectivity index (χ2v) is 8.75. The van der Waals surface area contributed by atoms with Crippen LogP contribution < -0.4 is 10.1 Å². The van der Waals surface area contributed by atoms with Crippen molar-refractivity contribution in [3.05, 3.63) is 96.8 Å². The number of para-hydroxylation sites is 1. The third kappa shape index (κ3) is 5.82. The fourth-order valence-corrected chi connectivity index (χ4v) is 4.43. The Balaban J connectivity index is 1.79. The highest BCUT2D eigenvalue weighted by Crippen LogP contribution is 2.36. The lowest BCUT2D eigenvalue weighted by molar-refractivity contribution is -0.112. The zero-order valence-electron chi connectivity index (χ0n) is 15.5. The maximum absolute atomic E-state index is 12.5. The van der Waals surface area contributed by atoms with Gasteiger partial charge in [0.05, 0.1) is 14.6 Å². The van der Waals surface area contributed by atoms with Gasteiger partial charge in [-0.3, -0.25) is 4.79 Å². The molecule has 3 rings (SSSR count). The average molecular weight is 591 g/mol. The number of rotatable bonds is 6. The molecular weight excluding hydrogens is 576 g/mol. The molecule has 0 saturated heterocycles. The van der Waals surface area contributed by atoms with Crippen molar-refractivity contribution in [1.82, 2.24) is 0 Å². The van der Waals surface area contributed by atoms with Gasteiger partial charge < -0.3 is 10.1 Å². The van der Waals surface area contributed by atoms with Gasteiger partial charge in [-0.15, -0.1) is 0 Å². The molecule has 1 amide bonds. The zero-order chi connectivity index (χ0) is 21.5. The van der Waals surface area contributed by atoms with E-state index >= 15 is 0 Å². The summed E-state index contributed by atoms with van der Waals surface area (Å²) in [4.78, 5) is 12.5. The van der Waals surface area contributed by atoms with E-state index in [1.807, 2.05) is 48.5 Å². The van der Waals surface area contributed by atoms with Gasteiger partial charge in [-0.25, -0.2) is 0 Å². The molecular formula is C23H15Br3N2O2. The third-order valence-corrected chi connectivity index (χ3v) is 5.91. The van der Waals surface area contributed by atoms with Gasteiger partial charge in [0, 0.05) is 4.47 Å². The van der Waals surface area contributed by atoms with Crippen LogP contribution in [-0.2, 0) is 11.4 Å². The zero-order valence-corrected chi connectivity index (χ0v) is 20.3. The first-order valence-corrected chi connectivity index (χ1v) is 11.2. The Morgan fingerprint density at radius 2 is 1.60 bits per heavy atom. The Bertz CT molecular complexity index is 1120. The highest BCUT2D eigenvalue weighted by molar-refractivity contribution is 9.11. The van der Waals surface area contributed by atoms with Crippen molar-refractivity contribution in [2.24, 2.45) is 0 Å². The molecule has 1 N–H and O–H groups in total. The molecule has 150 valence electrons. The Morgan fingerprint density at radius 3 is 2.23 bits per heavy atom. The maximum Gasteiger partial charge on any atom is 0.266 e.